The Balaban J connectivity index is 1.94. The van der Waals surface area contributed by atoms with Crippen molar-refractivity contribution < 1.29 is 9.47 Å². The van der Waals surface area contributed by atoms with Crippen molar-refractivity contribution in [2.75, 3.05) is 13.2 Å². The monoisotopic (exact) mass is 198 g/mol. The van der Waals surface area contributed by atoms with Crippen molar-refractivity contribution in [3.05, 3.63) is 0 Å². The van der Waals surface area contributed by atoms with Crippen LogP contribution in [0.2, 0.25) is 0 Å². The van der Waals surface area contributed by atoms with Crippen LogP contribution in [0.3, 0.4) is 0 Å². The van der Waals surface area contributed by atoms with Crippen molar-refractivity contribution in [2.45, 2.75) is 51.7 Å². The maximum absolute atomic E-state index is 5.81. The minimum atomic E-state index is 0.482. The number of hydrogen-bond acceptors (Lipinski definition) is 2. The van der Waals surface area contributed by atoms with Crippen LogP contribution in [0.15, 0.2) is 0 Å². The molecule has 2 aliphatic rings. The van der Waals surface area contributed by atoms with E-state index >= 15 is 0 Å². The van der Waals surface area contributed by atoms with Gasteiger partial charge in [-0.05, 0) is 44.9 Å². The van der Waals surface area contributed by atoms with Gasteiger partial charge in [-0.3, -0.25) is 0 Å². The SMILES string of the molecule is CCOC1CC(OCC)C2CCC1C2. The van der Waals surface area contributed by atoms with Crippen LogP contribution < -0.4 is 0 Å². The summed E-state index contributed by atoms with van der Waals surface area (Å²) < 4.78 is 11.6. The summed E-state index contributed by atoms with van der Waals surface area (Å²) in [5.74, 6) is 1.66. The molecule has 2 saturated carbocycles. The molecule has 0 radical (unpaired) electrons. The Morgan fingerprint density at radius 1 is 0.857 bits per heavy atom. The van der Waals surface area contributed by atoms with Crippen molar-refractivity contribution in [1.29, 1.82) is 0 Å². The number of ether oxygens (including phenoxy) is 2. The lowest BCUT2D eigenvalue weighted by Gasteiger charge is -2.34. The fourth-order valence-electron chi connectivity index (χ4n) is 3.18. The van der Waals surface area contributed by atoms with Gasteiger partial charge in [-0.15, -0.1) is 0 Å². The second-order valence-electron chi connectivity index (χ2n) is 4.56. The van der Waals surface area contributed by atoms with Gasteiger partial charge in [0, 0.05) is 19.6 Å². The van der Waals surface area contributed by atoms with E-state index in [2.05, 4.69) is 13.8 Å². The highest BCUT2D eigenvalue weighted by Gasteiger charge is 2.42. The van der Waals surface area contributed by atoms with Crippen molar-refractivity contribution >= 4 is 0 Å². The molecule has 2 heteroatoms. The van der Waals surface area contributed by atoms with Crippen LogP contribution in [0, 0.1) is 11.8 Å². The summed E-state index contributed by atoms with van der Waals surface area (Å²) in [6.07, 6.45) is 6.16. The van der Waals surface area contributed by atoms with Crippen LogP contribution in [-0.4, -0.2) is 25.4 Å². The fourth-order valence-corrected chi connectivity index (χ4v) is 3.18. The number of rotatable bonds is 4. The molecule has 0 aliphatic heterocycles. The molecule has 2 bridgehead atoms. The molecule has 2 nitrogen and oxygen atoms in total. The minimum absolute atomic E-state index is 0.482. The van der Waals surface area contributed by atoms with Crippen molar-refractivity contribution in [2.24, 2.45) is 11.8 Å². The Labute approximate surface area is 87.0 Å². The van der Waals surface area contributed by atoms with E-state index in [9.17, 15) is 0 Å². The molecule has 0 aromatic rings. The third kappa shape index (κ3) is 1.96. The Kier molecular flexibility index (Phi) is 3.45. The summed E-state index contributed by atoms with van der Waals surface area (Å²) in [5, 5.41) is 0. The van der Waals surface area contributed by atoms with Gasteiger partial charge >= 0.3 is 0 Å². The largest absolute Gasteiger partial charge is 0.378 e. The summed E-state index contributed by atoms with van der Waals surface area (Å²) in [4.78, 5) is 0. The first-order valence-corrected chi connectivity index (χ1v) is 6.08. The first kappa shape index (κ1) is 10.4. The molecule has 0 spiro atoms. The first-order valence-electron chi connectivity index (χ1n) is 6.08. The highest BCUT2D eigenvalue weighted by atomic mass is 16.5. The summed E-state index contributed by atoms with van der Waals surface area (Å²) in [7, 11) is 0. The molecular formula is C12H22O2. The van der Waals surface area contributed by atoms with Gasteiger partial charge in [-0.25, -0.2) is 0 Å². The van der Waals surface area contributed by atoms with Crippen LogP contribution >= 0.6 is 0 Å². The third-order valence-corrected chi connectivity index (χ3v) is 3.79. The molecule has 0 aromatic heterocycles. The van der Waals surface area contributed by atoms with Crippen LogP contribution in [0.4, 0.5) is 0 Å². The summed E-state index contributed by atoms with van der Waals surface area (Å²) in [6.45, 7) is 5.89. The number of hydrogen-bond donors (Lipinski definition) is 0. The lowest BCUT2D eigenvalue weighted by Crippen LogP contribution is -2.36. The van der Waals surface area contributed by atoms with Crippen molar-refractivity contribution in [3.8, 4) is 0 Å². The van der Waals surface area contributed by atoms with Gasteiger partial charge in [0.25, 0.3) is 0 Å². The Hall–Kier alpha value is -0.0800. The van der Waals surface area contributed by atoms with Crippen LogP contribution in [0.25, 0.3) is 0 Å². The third-order valence-electron chi connectivity index (χ3n) is 3.79. The van der Waals surface area contributed by atoms with Gasteiger partial charge in [0.15, 0.2) is 0 Å². The van der Waals surface area contributed by atoms with Crippen LogP contribution in [0.1, 0.15) is 39.5 Å². The molecule has 0 N–H and O–H groups in total. The summed E-state index contributed by atoms with van der Waals surface area (Å²) in [6, 6.07) is 0. The zero-order chi connectivity index (χ0) is 9.97. The molecule has 82 valence electrons. The smallest absolute Gasteiger partial charge is 0.0628 e. The lowest BCUT2D eigenvalue weighted by atomic mass is 9.84. The average Bonchev–Trinajstić information content (AvgIpc) is 2.59. The van der Waals surface area contributed by atoms with Crippen molar-refractivity contribution in [3.63, 3.8) is 0 Å². The highest BCUT2D eigenvalue weighted by molar-refractivity contribution is 4.92. The zero-order valence-corrected chi connectivity index (χ0v) is 9.37. The zero-order valence-electron chi connectivity index (χ0n) is 9.37. The molecule has 0 amide bonds. The quantitative estimate of drug-likeness (QED) is 0.691. The van der Waals surface area contributed by atoms with Crippen LogP contribution in [-0.2, 0) is 9.47 Å². The molecular weight excluding hydrogens is 176 g/mol. The molecule has 0 saturated heterocycles. The second-order valence-corrected chi connectivity index (χ2v) is 4.56. The minimum Gasteiger partial charge on any atom is -0.378 e. The molecule has 14 heavy (non-hydrogen) atoms. The predicted molar refractivity (Wildman–Crippen MR) is 56.3 cm³/mol. The molecule has 0 heterocycles. The van der Waals surface area contributed by atoms with E-state index in [1.54, 1.807) is 0 Å². The topological polar surface area (TPSA) is 18.5 Å². The van der Waals surface area contributed by atoms with Crippen LogP contribution in [0.5, 0.6) is 0 Å². The molecule has 2 fully saturated rings. The average molecular weight is 198 g/mol. The van der Waals surface area contributed by atoms with E-state index in [0.29, 0.717) is 12.2 Å². The lowest BCUT2D eigenvalue weighted by molar-refractivity contribution is -0.0716. The maximum Gasteiger partial charge on any atom is 0.0628 e. The Morgan fingerprint density at radius 2 is 1.36 bits per heavy atom. The van der Waals surface area contributed by atoms with Gasteiger partial charge in [0.1, 0.15) is 0 Å². The highest BCUT2D eigenvalue weighted by Crippen LogP contribution is 2.44. The van der Waals surface area contributed by atoms with E-state index in [1.165, 1.54) is 19.3 Å². The molecule has 4 unspecified atom stereocenters. The standard InChI is InChI=1S/C12H22O2/c1-3-13-11-8-12(14-4-2)10-6-5-9(11)7-10/h9-12H,3-8H2,1-2H3. The summed E-state index contributed by atoms with van der Waals surface area (Å²) in [5.41, 5.74) is 0. The Bertz CT molecular complexity index is 163. The van der Waals surface area contributed by atoms with E-state index in [1.807, 2.05) is 0 Å². The fraction of sp³-hybridized carbons (Fsp3) is 1.00. The van der Waals surface area contributed by atoms with Gasteiger partial charge in [-0.1, -0.05) is 0 Å². The van der Waals surface area contributed by atoms with Gasteiger partial charge in [0.2, 0.25) is 0 Å². The molecule has 0 aromatic carbocycles. The second kappa shape index (κ2) is 4.63. The first-order chi connectivity index (χ1) is 6.85. The van der Waals surface area contributed by atoms with E-state index in [-0.39, 0.29) is 0 Å². The van der Waals surface area contributed by atoms with E-state index < -0.39 is 0 Å². The predicted octanol–water partition coefficient (Wildman–Crippen LogP) is 2.62. The maximum atomic E-state index is 5.81. The van der Waals surface area contributed by atoms with Gasteiger partial charge in [0.05, 0.1) is 12.2 Å². The van der Waals surface area contributed by atoms with Crippen molar-refractivity contribution in [1.82, 2.24) is 0 Å². The Morgan fingerprint density at radius 3 is 1.79 bits per heavy atom. The molecule has 4 atom stereocenters. The summed E-state index contributed by atoms with van der Waals surface area (Å²) >= 11 is 0. The van der Waals surface area contributed by atoms with E-state index in [0.717, 1.165) is 31.5 Å². The molecule has 2 rings (SSSR count). The normalized spacial score (nSPS) is 41.6. The van der Waals surface area contributed by atoms with E-state index in [4.69, 9.17) is 9.47 Å². The van der Waals surface area contributed by atoms with Gasteiger partial charge in [-0.2, -0.15) is 0 Å². The molecule has 2 aliphatic carbocycles. The number of fused-ring (bicyclic) bond motifs is 2. The van der Waals surface area contributed by atoms with Gasteiger partial charge < -0.3 is 9.47 Å².